The van der Waals surface area contributed by atoms with E-state index in [9.17, 15) is 4.79 Å². The highest BCUT2D eigenvalue weighted by atomic mass is 32.2. The molecular weight excluding hydrogens is 440 g/mol. The van der Waals surface area contributed by atoms with Crippen LogP contribution in [0.2, 0.25) is 0 Å². The zero-order chi connectivity index (χ0) is 23.6. The third-order valence-electron chi connectivity index (χ3n) is 4.59. The summed E-state index contributed by atoms with van der Waals surface area (Å²) in [7, 11) is 1.60. The van der Waals surface area contributed by atoms with Crippen molar-refractivity contribution in [1.29, 1.82) is 0 Å². The lowest BCUT2D eigenvalue weighted by Gasteiger charge is -2.17. The van der Waals surface area contributed by atoms with Crippen LogP contribution in [-0.4, -0.2) is 40.1 Å². The van der Waals surface area contributed by atoms with Gasteiger partial charge in [0, 0.05) is 6.54 Å². The number of hydrogen-bond donors (Lipinski definition) is 1. The average molecular weight is 469 g/mol. The number of anilines is 1. The van der Waals surface area contributed by atoms with E-state index >= 15 is 0 Å². The number of amides is 1. The van der Waals surface area contributed by atoms with Crippen LogP contribution in [0, 0.1) is 0 Å². The minimum atomic E-state index is -0.394. The highest BCUT2D eigenvalue weighted by molar-refractivity contribution is 7.99. The summed E-state index contributed by atoms with van der Waals surface area (Å²) in [5.41, 5.74) is 0.636. The smallest absolute Gasteiger partial charge is 0.234 e. The highest BCUT2D eigenvalue weighted by Gasteiger charge is 2.21. The van der Waals surface area contributed by atoms with E-state index in [0.29, 0.717) is 47.1 Å². The van der Waals surface area contributed by atoms with Gasteiger partial charge in [0.1, 0.15) is 5.75 Å². The summed E-state index contributed by atoms with van der Waals surface area (Å²) in [6.07, 6.45) is 1.36. The number of carbonyl (C=O) groups excluding carboxylic acids is 1. The Bertz CT molecular complexity index is 1090. The van der Waals surface area contributed by atoms with Gasteiger partial charge in [-0.1, -0.05) is 42.1 Å². The number of nitrogens with zero attached hydrogens (tertiary/aromatic N) is 3. The summed E-state index contributed by atoms with van der Waals surface area (Å²) in [5.74, 6) is 2.51. The van der Waals surface area contributed by atoms with Gasteiger partial charge in [-0.3, -0.25) is 9.36 Å². The number of hydrogen-bond acceptors (Lipinski definition) is 7. The zero-order valence-corrected chi connectivity index (χ0v) is 19.8. The Kier molecular flexibility index (Phi) is 8.77. The minimum absolute atomic E-state index is 0.164. The molecule has 3 rings (SSSR count). The average Bonchev–Trinajstić information content (AvgIpc) is 3.22. The van der Waals surface area contributed by atoms with E-state index in [4.69, 9.17) is 14.2 Å². The normalized spacial score (nSPS) is 11.5. The Labute approximate surface area is 198 Å². The van der Waals surface area contributed by atoms with Crippen molar-refractivity contribution >= 4 is 23.4 Å². The number of allylic oxidation sites excluding steroid dienone is 1. The first-order valence-corrected chi connectivity index (χ1v) is 11.5. The molecule has 0 bridgehead atoms. The largest absolute Gasteiger partial charge is 0.493 e. The molecule has 1 atom stereocenters. The predicted molar refractivity (Wildman–Crippen MR) is 129 cm³/mol. The van der Waals surface area contributed by atoms with Crippen LogP contribution in [0.4, 0.5) is 5.69 Å². The minimum Gasteiger partial charge on any atom is -0.493 e. The van der Waals surface area contributed by atoms with Crippen molar-refractivity contribution in [2.45, 2.75) is 31.7 Å². The summed E-state index contributed by atoms with van der Waals surface area (Å²) in [6.45, 7) is 8.62. The lowest BCUT2D eigenvalue weighted by Crippen LogP contribution is -2.16. The molecule has 2 aromatic carbocycles. The number of rotatable bonds is 12. The zero-order valence-electron chi connectivity index (χ0n) is 19.0. The molecule has 3 aromatic rings. The molecule has 174 valence electrons. The van der Waals surface area contributed by atoms with Crippen LogP contribution >= 0.6 is 11.8 Å². The highest BCUT2D eigenvalue weighted by Crippen LogP contribution is 2.31. The molecule has 1 aromatic heterocycles. The van der Waals surface area contributed by atoms with Crippen LogP contribution in [-0.2, 0) is 11.3 Å². The summed E-state index contributed by atoms with van der Waals surface area (Å²) >= 11 is 1.29. The van der Waals surface area contributed by atoms with Gasteiger partial charge >= 0.3 is 0 Å². The van der Waals surface area contributed by atoms with Crippen LogP contribution in [0.3, 0.4) is 0 Å². The van der Waals surface area contributed by atoms with Crippen molar-refractivity contribution in [1.82, 2.24) is 14.8 Å². The second-order valence-electron chi connectivity index (χ2n) is 6.92. The fourth-order valence-corrected chi connectivity index (χ4v) is 3.89. The van der Waals surface area contributed by atoms with E-state index in [1.807, 2.05) is 66.9 Å². The summed E-state index contributed by atoms with van der Waals surface area (Å²) < 4.78 is 18.9. The van der Waals surface area contributed by atoms with Gasteiger partial charge < -0.3 is 19.5 Å². The molecule has 0 aliphatic heterocycles. The van der Waals surface area contributed by atoms with Crippen LogP contribution in [0.25, 0.3) is 0 Å². The van der Waals surface area contributed by atoms with Crippen molar-refractivity contribution in [3.05, 3.63) is 67.0 Å². The monoisotopic (exact) mass is 468 g/mol. The third kappa shape index (κ3) is 6.29. The predicted octanol–water partition coefficient (Wildman–Crippen LogP) is 4.74. The Morgan fingerprint density at radius 1 is 1.15 bits per heavy atom. The van der Waals surface area contributed by atoms with E-state index < -0.39 is 6.10 Å². The molecule has 1 amide bonds. The van der Waals surface area contributed by atoms with Gasteiger partial charge in [-0.25, -0.2) is 0 Å². The SMILES string of the molecule is C=CCn1c(SCC(=O)Nc2ccccc2OCC)nnc1C(C)Oc1ccccc1OC. The van der Waals surface area contributed by atoms with E-state index in [-0.39, 0.29) is 11.7 Å². The fourth-order valence-electron chi connectivity index (χ4n) is 3.14. The molecule has 1 unspecified atom stereocenters. The number of methoxy groups -OCH3 is 1. The molecule has 1 heterocycles. The Morgan fingerprint density at radius 2 is 1.85 bits per heavy atom. The molecule has 0 spiro atoms. The number of benzene rings is 2. The van der Waals surface area contributed by atoms with Gasteiger partial charge in [0.2, 0.25) is 5.91 Å². The van der Waals surface area contributed by atoms with Gasteiger partial charge in [0.25, 0.3) is 0 Å². The fraction of sp³-hybridized carbons (Fsp3) is 0.292. The molecule has 8 nitrogen and oxygen atoms in total. The van der Waals surface area contributed by atoms with Crippen molar-refractivity contribution in [2.75, 3.05) is 24.8 Å². The summed E-state index contributed by atoms with van der Waals surface area (Å²) in [6, 6.07) is 14.8. The van der Waals surface area contributed by atoms with Gasteiger partial charge in [0.15, 0.2) is 28.6 Å². The molecule has 0 radical (unpaired) electrons. The molecule has 0 aliphatic rings. The number of thioether (sulfide) groups is 1. The van der Waals surface area contributed by atoms with Gasteiger partial charge in [0.05, 0.1) is 25.2 Å². The maximum absolute atomic E-state index is 12.6. The van der Waals surface area contributed by atoms with Crippen molar-refractivity contribution in [3.8, 4) is 17.2 Å². The summed E-state index contributed by atoms with van der Waals surface area (Å²) in [5, 5.41) is 12.1. The van der Waals surface area contributed by atoms with Gasteiger partial charge in [-0.15, -0.1) is 16.8 Å². The molecule has 1 N–H and O–H groups in total. The number of carbonyl (C=O) groups is 1. The second kappa shape index (κ2) is 12.0. The lowest BCUT2D eigenvalue weighted by atomic mass is 10.3. The Hall–Kier alpha value is -3.46. The molecule has 0 aliphatic carbocycles. The third-order valence-corrected chi connectivity index (χ3v) is 5.55. The molecular formula is C24H28N4O4S. The molecule has 9 heteroatoms. The maximum atomic E-state index is 12.6. The molecule has 33 heavy (non-hydrogen) atoms. The maximum Gasteiger partial charge on any atom is 0.234 e. The lowest BCUT2D eigenvalue weighted by molar-refractivity contribution is -0.113. The van der Waals surface area contributed by atoms with Crippen molar-refractivity contribution < 1.29 is 19.0 Å². The van der Waals surface area contributed by atoms with Crippen LogP contribution in [0.15, 0.2) is 66.3 Å². The first-order chi connectivity index (χ1) is 16.1. The van der Waals surface area contributed by atoms with Gasteiger partial charge in [-0.2, -0.15) is 0 Å². The molecule has 0 saturated carbocycles. The molecule has 0 fully saturated rings. The number of aromatic nitrogens is 3. The summed E-state index contributed by atoms with van der Waals surface area (Å²) in [4.78, 5) is 12.6. The Balaban J connectivity index is 1.69. The second-order valence-corrected chi connectivity index (χ2v) is 7.86. The topological polar surface area (TPSA) is 87.5 Å². The van der Waals surface area contributed by atoms with E-state index in [2.05, 4.69) is 22.1 Å². The van der Waals surface area contributed by atoms with Gasteiger partial charge in [-0.05, 0) is 38.1 Å². The first kappa shape index (κ1) is 24.2. The van der Waals surface area contributed by atoms with Crippen LogP contribution < -0.4 is 19.5 Å². The van der Waals surface area contributed by atoms with E-state index in [0.717, 1.165) is 0 Å². The van der Waals surface area contributed by atoms with Crippen LogP contribution in [0.1, 0.15) is 25.8 Å². The van der Waals surface area contributed by atoms with Crippen LogP contribution in [0.5, 0.6) is 17.2 Å². The first-order valence-electron chi connectivity index (χ1n) is 10.6. The molecule has 0 saturated heterocycles. The van der Waals surface area contributed by atoms with Crippen molar-refractivity contribution in [2.24, 2.45) is 0 Å². The quantitative estimate of drug-likeness (QED) is 0.303. The number of ether oxygens (including phenoxy) is 3. The number of nitrogens with one attached hydrogen (secondary N) is 1. The Morgan fingerprint density at radius 3 is 2.55 bits per heavy atom. The van der Waals surface area contributed by atoms with E-state index in [1.54, 1.807) is 13.2 Å². The van der Waals surface area contributed by atoms with Crippen molar-refractivity contribution in [3.63, 3.8) is 0 Å². The van der Waals surface area contributed by atoms with E-state index in [1.165, 1.54) is 11.8 Å². The number of para-hydroxylation sites is 4. The standard InChI is InChI=1S/C24H28N4O4S/c1-5-15-28-23(17(3)32-21-14-10-9-13-20(21)30-4)26-27-24(28)33-16-22(29)25-18-11-7-8-12-19(18)31-6-2/h5,7-14,17H,1,6,15-16H2,2-4H3,(H,25,29).